The van der Waals surface area contributed by atoms with E-state index in [9.17, 15) is 10.1 Å². The van der Waals surface area contributed by atoms with Gasteiger partial charge in [-0.2, -0.15) is 5.26 Å². The summed E-state index contributed by atoms with van der Waals surface area (Å²) in [7, 11) is 3.85. The molecular weight excluding hydrogens is 342 g/mol. The topological polar surface area (TPSA) is 65.8 Å². The molecule has 2 rings (SSSR count). The maximum absolute atomic E-state index is 12.3. The molecule has 1 heterocycles. The van der Waals surface area contributed by atoms with E-state index in [4.69, 9.17) is 9.47 Å². The smallest absolute Gasteiger partial charge is 0.410 e. The van der Waals surface area contributed by atoms with Crippen molar-refractivity contribution in [2.75, 3.05) is 27.2 Å². The van der Waals surface area contributed by atoms with Gasteiger partial charge in [0.25, 0.3) is 0 Å². The third-order valence-corrected chi connectivity index (χ3v) is 4.03. The normalized spacial score (nSPS) is 17.5. The van der Waals surface area contributed by atoms with E-state index in [0.717, 1.165) is 18.4 Å². The van der Waals surface area contributed by atoms with Crippen molar-refractivity contribution in [3.8, 4) is 11.8 Å². The molecule has 1 aromatic carbocycles. The summed E-state index contributed by atoms with van der Waals surface area (Å²) in [5.41, 5.74) is 0.897. The van der Waals surface area contributed by atoms with Crippen LogP contribution < -0.4 is 4.74 Å². The van der Waals surface area contributed by atoms with Crippen LogP contribution in [0.4, 0.5) is 4.79 Å². The summed E-state index contributed by atoms with van der Waals surface area (Å²) in [6.45, 7) is 6.77. The Morgan fingerprint density at radius 2 is 2.11 bits per heavy atom. The van der Waals surface area contributed by atoms with Gasteiger partial charge in [0.2, 0.25) is 0 Å². The van der Waals surface area contributed by atoms with Crippen LogP contribution in [-0.4, -0.2) is 54.8 Å². The van der Waals surface area contributed by atoms with Gasteiger partial charge in [-0.1, -0.05) is 0 Å². The van der Waals surface area contributed by atoms with Crippen molar-refractivity contribution in [2.45, 2.75) is 45.3 Å². The number of likely N-dealkylation sites (tertiary alicyclic amines) is 1. The molecule has 1 amide bonds. The van der Waals surface area contributed by atoms with E-state index in [-0.39, 0.29) is 12.2 Å². The highest BCUT2D eigenvalue weighted by atomic mass is 16.6. The third kappa shape index (κ3) is 6.52. The Labute approximate surface area is 162 Å². The van der Waals surface area contributed by atoms with E-state index in [1.54, 1.807) is 17.0 Å². The van der Waals surface area contributed by atoms with Gasteiger partial charge in [0.05, 0.1) is 18.2 Å². The number of nitriles is 1. The van der Waals surface area contributed by atoms with Crippen molar-refractivity contribution in [1.29, 1.82) is 5.26 Å². The molecule has 0 N–H and O–H groups in total. The van der Waals surface area contributed by atoms with Gasteiger partial charge < -0.3 is 19.3 Å². The van der Waals surface area contributed by atoms with Gasteiger partial charge >= 0.3 is 6.09 Å². The summed E-state index contributed by atoms with van der Waals surface area (Å²) in [4.78, 5) is 15.9. The lowest BCUT2D eigenvalue weighted by Crippen LogP contribution is -2.46. The first-order valence-electron chi connectivity index (χ1n) is 9.21. The van der Waals surface area contributed by atoms with E-state index in [1.807, 2.05) is 58.1 Å². The van der Waals surface area contributed by atoms with Crippen LogP contribution in [0, 0.1) is 11.3 Å². The number of rotatable bonds is 4. The van der Waals surface area contributed by atoms with Crippen molar-refractivity contribution in [3.63, 3.8) is 0 Å². The number of carbonyl (C=O) groups excluding carboxylic acids is 1. The standard InChI is InChI=1S/C21H29N3O3/c1-21(2,3)27-20(25)24-11-6-7-19(15-24)26-18-9-8-17(14-22)16(13-18)10-12-23(4)5/h8-10,12-13,19H,6-7,11,15H2,1-5H3. The van der Waals surface area contributed by atoms with Crippen molar-refractivity contribution in [1.82, 2.24) is 9.80 Å². The second kappa shape index (κ2) is 8.81. The zero-order valence-corrected chi connectivity index (χ0v) is 16.9. The molecule has 1 fully saturated rings. The van der Waals surface area contributed by atoms with E-state index in [0.29, 0.717) is 24.4 Å². The van der Waals surface area contributed by atoms with Gasteiger partial charge in [0, 0.05) is 20.6 Å². The number of ether oxygens (including phenoxy) is 2. The zero-order chi connectivity index (χ0) is 20.0. The van der Waals surface area contributed by atoms with E-state index < -0.39 is 5.60 Å². The monoisotopic (exact) mass is 371 g/mol. The van der Waals surface area contributed by atoms with Crippen molar-refractivity contribution in [2.24, 2.45) is 0 Å². The molecule has 146 valence electrons. The minimum Gasteiger partial charge on any atom is -0.489 e. The predicted octanol–water partition coefficient (Wildman–Crippen LogP) is 3.87. The zero-order valence-electron chi connectivity index (χ0n) is 16.9. The van der Waals surface area contributed by atoms with Crippen molar-refractivity contribution in [3.05, 3.63) is 35.5 Å². The van der Waals surface area contributed by atoms with Gasteiger partial charge in [-0.3, -0.25) is 0 Å². The molecule has 1 atom stereocenters. The Morgan fingerprint density at radius 3 is 2.74 bits per heavy atom. The Kier molecular flexibility index (Phi) is 6.73. The fourth-order valence-electron chi connectivity index (χ4n) is 2.80. The summed E-state index contributed by atoms with van der Waals surface area (Å²) < 4.78 is 11.6. The fraction of sp³-hybridized carbons (Fsp3) is 0.524. The Hall–Kier alpha value is -2.68. The fourth-order valence-corrected chi connectivity index (χ4v) is 2.80. The van der Waals surface area contributed by atoms with Crippen LogP contribution in [0.5, 0.6) is 5.75 Å². The molecule has 0 spiro atoms. The average molecular weight is 371 g/mol. The van der Waals surface area contributed by atoms with Crippen LogP contribution in [0.3, 0.4) is 0 Å². The van der Waals surface area contributed by atoms with Crippen molar-refractivity contribution < 1.29 is 14.3 Å². The molecule has 6 heteroatoms. The first kappa shape index (κ1) is 20.6. The summed E-state index contributed by atoms with van der Waals surface area (Å²) in [6.07, 6.45) is 5.13. The SMILES string of the molecule is CN(C)C=Cc1cc(OC2CCCN(C(=O)OC(C)(C)C)C2)ccc1C#N. The summed E-state index contributed by atoms with van der Waals surface area (Å²) in [5.74, 6) is 0.698. The van der Waals surface area contributed by atoms with Crippen LogP contribution in [0.15, 0.2) is 24.4 Å². The first-order valence-corrected chi connectivity index (χ1v) is 9.21. The number of hydrogen-bond acceptors (Lipinski definition) is 5. The lowest BCUT2D eigenvalue weighted by molar-refractivity contribution is 0.00776. The van der Waals surface area contributed by atoms with Gasteiger partial charge in [0.1, 0.15) is 17.5 Å². The van der Waals surface area contributed by atoms with Crippen LogP contribution >= 0.6 is 0 Å². The molecule has 1 aliphatic rings. The van der Waals surface area contributed by atoms with Crippen LogP contribution in [0.2, 0.25) is 0 Å². The highest BCUT2D eigenvalue weighted by Crippen LogP contribution is 2.23. The second-order valence-corrected chi connectivity index (χ2v) is 7.95. The van der Waals surface area contributed by atoms with Crippen molar-refractivity contribution >= 4 is 12.2 Å². The number of piperidine rings is 1. The molecule has 0 bridgehead atoms. The summed E-state index contributed by atoms with van der Waals surface area (Å²) in [5, 5.41) is 9.29. The number of nitrogens with zero attached hydrogens (tertiary/aromatic N) is 3. The molecule has 1 saturated heterocycles. The lowest BCUT2D eigenvalue weighted by atomic mass is 10.1. The van der Waals surface area contributed by atoms with Gasteiger partial charge in [0.15, 0.2) is 0 Å². The van der Waals surface area contributed by atoms with Gasteiger partial charge in [-0.15, -0.1) is 0 Å². The predicted molar refractivity (Wildman–Crippen MR) is 105 cm³/mol. The van der Waals surface area contributed by atoms with Gasteiger partial charge in [-0.25, -0.2) is 4.79 Å². The van der Waals surface area contributed by atoms with Gasteiger partial charge in [-0.05, 0) is 69.7 Å². The molecule has 0 saturated carbocycles. The quantitative estimate of drug-likeness (QED) is 0.804. The Balaban J connectivity index is 2.07. The van der Waals surface area contributed by atoms with E-state index in [2.05, 4.69) is 6.07 Å². The minimum absolute atomic E-state index is 0.0927. The number of benzene rings is 1. The summed E-state index contributed by atoms with van der Waals surface area (Å²) in [6, 6.07) is 7.63. The maximum atomic E-state index is 12.3. The second-order valence-electron chi connectivity index (χ2n) is 7.95. The van der Waals surface area contributed by atoms with Crippen LogP contribution in [0.25, 0.3) is 6.08 Å². The van der Waals surface area contributed by atoms with E-state index >= 15 is 0 Å². The molecule has 1 aliphatic heterocycles. The molecule has 1 unspecified atom stereocenters. The molecular formula is C21H29N3O3. The molecule has 0 radical (unpaired) electrons. The summed E-state index contributed by atoms with van der Waals surface area (Å²) >= 11 is 0. The minimum atomic E-state index is -0.508. The first-order chi connectivity index (χ1) is 12.7. The third-order valence-electron chi connectivity index (χ3n) is 4.03. The lowest BCUT2D eigenvalue weighted by Gasteiger charge is -2.34. The average Bonchev–Trinajstić information content (AvgIpc) is 2.59. The van der Waals surface area contributed by atoms with Crippen LogP contribution in [0.1, 0.15) is 44.7 Å². The maximum Gasteiger partial charge on any atom is 0.410 e. The molecule has 1 aromatic rings. The highest BCUT2D eigenvalue weighted by Gasteiger charge is 2.28. The highest BCUT2D eigenvalue weighted by molar-refractivity contribution is 5.68. The van der Waals surface area contributed by atoms with E-state index in [1.165, 1.54) is 0 Å². The Bertz CT molecular complexity index is 729. The number of hydrogen-bond donors (Lipinski definition) is 0. The largest absolute Gasteiger partial charge is 0.489 e. The number of amides is 1. The Morgan fingerprint density at radius 1 is 1.37 bits per heavy atom. The van der Waals surface area contributed by atoms with Crippen LogP contribution in [-0.2, 0) is 4.74 Å². The molecule has 0 aliphatic carbocycles. The molecule has 0 aromatic heterocycles. The molecule has 27 heavy (non-hydrogen) atoms. The number of carbonyl (C=O) groups is 1. The molecule has 6 nitrogen and oxygen atoms in total.